The Morgan fingerprint density at radius 1 is 0.500 bits per heavy atom. The minimum atomic E-state index is -0.616. The highest BCUT2D eigenvalue weighted by atomic mass is 16.3. The van der Waals surface area contributed by atoms with Crippen molar-refractivity contribution in [2.45, 2.75) is 152 Å². The van der Waals surface area contributed by atoms with E-state index in [1.807, 2.05) is 0 Å². The van der Waals surface area contributed by atoms with Gasteiger partial charge in [0, 0.05) is 24.2 Å². The van der Waals surface area contributed by atoms with E-state index < -0.39 is 11.2 Å². The van der Waals surface area contributed by atoms with Gasteiger partial charge in [0.05, 0.1) is 11.2 Å². The van der Waals surface area contributed by atoms with E-state index in [0.29, 0.717) is 36.5 Å². The first-order valence-electron chi connectivity index (χ1n) is 16.0. The van der Waals surface area contributed by atoms with Gasteiger partial charge in [0.2, 0.25) is 0 Å². The van der Waals surface area contributed by atoms with Crippen LogP contribution in [0, 0.1) is 23.7 Å². The highest BCUT2D eigenvalue weighted by Gasteiger charge is 2.46. The van der Waals surface area contributed by atoms with Crippen molar-refractivity contribution in [1.29, 1.82) is 0 Å². The standard InChI is InChI=1S/C33H53NO2/c35-32(26-14-5-1-6-15-26,27-16-7-2-8-17-27)24-30-22-13-23-31(34-30)25-33(36,28-18-9-3-10-19-28)29-20-11-4-12-21-29/h13,22-23,26-29,35-36H,1-12,14-21,24-25H2. The summed E-state index contributed by atoms with van der Waals surface area (Å²) in [5.74, 6) is 1.67. The van der Waals surface area contributed by atoms with Crippen molar-refractivity contribution in [2.75, 3.05) is 0 Å². The van der Waals surface area contributed by atoms with Crippen molar-refractivity contribution in [3.63, 3.8) is 0 Å². The van der Waals surface area contributed by atoms with Crippen LogP contribution in [-0.2, 0) is 12.8 Å². The molecule has 0 aromatic carbocycles. The summed E-state index contributed by atoms with van der Waals surface area (Å²) in [4.78, 5) is 5.20. The van der Waals surface area contributed by atoms with Crippen molar-refractivity contribution in [3.05, 3.63) is 29.6 Å². The van der Waals surface area contributed by atoms with E-state index in [4.69, 9.17) is 4.98 Å². The lowest BCUT2D eigenvalue weighted by Gasteiger charge is -2.46. The third-order valence-corrected chi connectivity index (χ3v) is 11.0. The fourth-order valence-electron chi connectivity index (χ4n) is 8.96. The van der Waals surface area contributed by atoms with Gasteiger partial charge in [0.25, 0.3) is 0 Å². The Bertz CT molecular complexity index is 698. The molecule has 1 aromatic rings. The Morgan fingerprint density at radius 3 is 1.06 bits per heavy atom. The number of aliphatic hydroxyl groups is 2. The van der Waals surface area contributed by atoms with E-state index in [0.717, 1.165) is 11.4 Å². The molecule has 4 aliphatic rings. The number of nitrogens with zero attached hydrogens (tertiary/aromatic N) is 1. The van der Waals surface area contributed by atoms with Gasteiger partial charge in [-0.15, -0.1) is 0 Å². The van der Waals surface area contributed by atoms with Crippen molar-refractivity contribution >= 4 is 0 Å². The SMILES string of the molecule is OC(Cc1cccc(CC(O)(C2CCCCC2)C2CCCCC2)n1)(C1CCCCC1)C1CCCCC1. The predicted molar refractivity (Wildman–Crippen MR) is 148 cm³/mol. The monoisotopic (exact) mass is 495 g/mol. The molecule has 1 aromatic heterocycles. The van der Waals surface area contributed by atoms with Crippen LogP contribution in [0.2, 0.25) is 0 Å². The summed E-state index contributed by atoms with van der Waals surface area (Å²) in [6.07, 6.45) is 26.2. The van der Waals surface area contributed by atoms with Crippen LogP contribution in [0.3, 0.4) is 0 Å². The van der Waals surface area contributed by atoms with Gasteiger partial charge in [-0.05, 0) is 87.2 Å². The Morgan fingerprint density at radius 2 is 0.778 bits per heavy atom. The Kier molecular flexibility index (Phi) is 9.10. The van der Waals surface area contributed by atoms with Gasteiger partial charge in [0.1, 0.15) is 0 Å². The second kappa shape index (κ2) is 12.3. The molecular weight excluding hydrogens is 442 g/mol. The molecule has 2 N–H and O–H groups in total. The number of hydrogen-bond acceptors (Lipinski definition) is 3. The van der Waals surface area contributed by atoms with Crippen LogP contribution in [0.25, 0.3) is 0 Å². The lowest BCUT2D eigenvalue weighted by Crippen LogP contribution is -2.49. The molecule has 4 saturated carbocycles. The average molecular weight is 496 g/mol. The summed E-state index contributed by atoms with van der Waals surface area (Å²) >= 11 is 0. The molecule has 0 unspecified atom stereocenters. The van der Waals surface area contributed by atoms with Crippen LogP contribution in [0.5, 0.6) is 0 Å². The fourth-order valence-corrected chi connectivity index (χ4v) is 8.96. The molecule has 4 aliphatic carbocycles. The zero-order valence-electron chi connectivity index (χ0n) is 22.9. The van der Waals surface area contributed by atoms with Gasteiger partial charge in [-0.2, -0.15) is 0 Å². The zero-order chi connectivity index (χ0) is 24.8. The third kappa shape index (κ3) is 6.04. The molecule has 0 spiro atoms. The minimum Gasteiger partial charge on any atom is -0.389 e. The maximum atomic E-state index is 12.4. The van der Waals surface area contributed by atoms with E-state index in [-0.39, 0.29) is 0 Å². The van der Waals surface area contributed by atoms with Crippen molar-refractivity contribution in [3.8, 4) is 0 Å². The fraction of sp³-hybridized carbons (Fsp3) is 0.848. The summed E-state index contributed by atoms with van der Waals surface area (Å²) in [6.45, 7) is 0. The summed E-state index contributed by atoms with van der Waals surface area (Å²) in [6, 6.07) is 6.46. The molecule has 202 valence electrons. The van der Waals surface area contributed by atoms with E-state index in [1.165, 1.54) is 128 Å². The number of pyridine rings is 1. The largest absolute Gasteiger partial charge is 0.389 e. The van der Waals surface area contributed by atoms with E-state index in [2.05, 4.69) is 18.2 Å². The minimum absolute atomic E-state index is 0.418. The van der Waals surface area contributed by atoms with Crippen LogP contribution < -0.4 is 0 Å². The van der Waals surface area contributed by atoms with Gasteiger partial charge < -0.3 is 10.2 Å². The molecule has 3 nitrogen and oxygen atoms in total. The van der Waals surface area contributed by atoms with Crippen molar-refractivity contribution in [1.82, 2.24) is 4.98 Å². The van der Waals surface area contributed by atoms with Crippen LogP contribution in [0.15, 0.2) is 18.2 Å². The molecule has 0 aliphatic heterocycles. The van der Waals surface area contributed by atoms with Crippen LogP contribution in [-0.4, -0.2) is 26.4 Å². The first kappa shape index (κ1) is 26.7. The molecular formula is C33H53NO2. The second-order valence-corrected chi connectivity index (χ2v) is 13.3. The summed E-state index contributed by atoms with van der Waals surface area (Å²) < 4.78 is 0. The van der Waals surface area contributed by atoms with Crippen LogP contribution >= 0.6 is 0 Å². The maximum Gasteiger partial charge on any atom is 0.0758 e. The lowest BCUT2D eigenvalue weighted by atomic mass is 9.64. The van der Waals surface area contributed by atoms with Crippen LogP contribution in [0.4, 0.5) is 0 Å². The van der Waals surface area contributed by atoms with Gasteiger partial charge >= 0.3 is 0 Å². The van der Waals surface area contributed by atoms with Crippen molar-refractivity contribution < 1.29 is 10.2 Å². The molecule has 1 heterocycles. The van der Waals surface area contributed by atoms with Gasteiger partial charge in [-0.25, -0.2) is 0 Å². The molecule has 3 heteroatoms. The number of rotatable bonds is 8. The molecule has 4 fully saturated rings. The Hall–Kier alpha value is -0.930. The Labute approximate surface area is 220 Å². The van der Waals surface area contributed by atoms with Gasteiger partial charge in [-0.1, -0.05) is 83.1 Å². The number of hydrogen-bond donors (Lipinski definition) is 2. The maximum absolute atomic E-state index is 12.4. The normalized spacial score (nSPS) is 24.7. The Balaban J connectivity index is 1.37. The quantitative estimate of drug-likeness (QED) is 0.385. The average Bonchev–Trinajstić information content (AvgIpc) is 2.95. The molecule has 0 saturated heterocycles. The topological polar surface area (TPSA) is 53.4 Å². The van der Waals surface area contributed by atoms with Crippen LogP contribution in [0.1, 0.15) is 140 Å². The summed E-state index contributed by atoms with van der Waals surface area (Å²) in [5, 5.41) is 24.7. The van der Waals surface area contributed by atoms with E-state index in [9.17, 15) is 10.2 Å². The molecule has 0 atom stereocenters. The first-order valence-corrected chi connectivity index (χ1v) is 16.0. The van der Waals surface area contributed by atoms with Crippen molar-refractivity contribution in [2.24, 2.45) is 23.7 Å². The van der Waals surface area contributed by atoms with E-state index >= 15 is 0 Å². The highest BCUT2D eigenvalue weighted by molar-refractivity contribution is 5.17. The van der Waals surface area contributed by atoms with Gasteiger partial charge in [-0.3, -0.25) is 4.98 Å². The molecule has 36 heavy (non-hydrogen) atoms. The first-order chi connectivity index (χ1) is 17.6. The van der Waals surface area contributed by atoms with Gasteiger partial charge in [0.15, 0.2) is 0 Å². The highest BCUT2D eigenvalue weighted by Crippen LogP contribution is 2.46. The molecule has 5 rings (SSSR count). The zero-order valence-corrected chi connectivity index (χ0v) is 22.9. The molecule has 0 radical (unpaired) electrons. The predicted octanol–water partition coefficient (Wildman–Crippen LogP) is 7.95. The number of aromatic nitrogens is 1. The second-order valence-electron chi connectivity index (χ2n) is 13.3. The molecule has 0 amide bonds. The lowest BCUT2D eigenvalue weighted by molar-refractivity contribution is -0.0933. The summed E-state index contributed by atoms with van der Waals surface area (Å²) in [7, 11) is 0. The smallest absolute Gasteiger partial charge is 0.0758 e. The third-order valence-electron chi connectivity index (χ3n) is 11.0. The summed E-state index contributed by atoms with van der Waals surface area (Å²) in [5.41, 5.74) is 0.881. The van der Waals surface area contributed by atoms with E-state index in [1.54, 1.807) is 0 Å². The molecule has 0 bridgehead atoms.